The highest BCUT2D eigenvalue weighted by molar-refractivity contribution is 5.80. The average molecular weight is 371 g/mol. The van der Waals surface area contributed by atoms with Gasteiger partial charge in [0.2, 0.25) is 0 Å². The predicted molar refractivity (Wildman–Crippen MR) is 106 cm³/mol. The Balaban J connectivity index is 1.41. The second-order valence-corrected chi connectivity index (χ2v) is 8.06. The Bertz CT molecular complexity index is 849. The minimum absolute atomic E-state index is 0.0475. The molecule has 2 fully saturated rings. The van der Waals surface area contributed by atoms with Gasteiger partial charge in [0.05, 0.1) is 18.2 Å². The molecule has 4 rings (SSSR count). The molecule has 27 heavy (non-hydrogen) atoms. The SMILES string of the molecule is COc1ccc2cc(CN3CCC(O)(CN4CCCC4)CC3)c(=O)[nH]c2c1. The molecule has 6 heteroatoms. The molecule has 2 N–H and O–H groups in total. The maximum atomic E-state index is 12.5. The number of nitrogens with one attached hydrogen (secondary N) is 1. The Morgan fingerprint density at radius 3 is 2.56 bits per heavy atom. The monoisotopic (exact) mass is 371 g/mol. The third kappa shape index (κ3) is 4.18. The summed E-state index contributed by atoms with van der Waals surface area (Å²) < 4.78 is 5.22. The average Bonchev–Trinajstić information content (AvgIpc) is 3.16. The van der Waals surface area contributed by atoms with E-state index in [0.717, 1.165) is 67.8 Å². The number of methoxy groups -OCH3 is 1. The van der Waals surface area contributed by atoms with Crippen LogP contribution < -0.4 is 10.3 Å². The first-order chi connectivity index (χ1) is 13.0. The second kappa shape index (κ2) is 7.62. The highest BCUT2D eigenvalue weighted by Crippen LogP contribution is 2.26. The van der Waals surface area contributed by atoms with Gasteiger partial charge in [0.25, 0.3) is 5.56 Å². The lowest BCUT2D eigenvalue weighted by molar-refractivity contribution is -0.0430. The maximum Gasteiger partial charge on any atom is 0.252 e. The molecule has 1 aromatic carbocycles. The highest BCUT2D eigenvalue weighted by atomic mass is 16.5. The van der Waals surface area contributed by atoms with Crippen molar-refractivity contribution in [2.24, 2.45) is 0 Å². The number of nitrogens with zero attached hydrogens (tertiary/aromatic N) is 2. The van der Waals surface area contributed by atoms with Crippen LogP contribution in [0.15, 0.2) is 29.1 Å². The molecule has 0 spiro atoms. The number of ether oxygens (including phenoxy) is 1. The minimum atomic E-state index is -0.576. The summed E-state index contributed by atoms with van der Waals surface area (Å²) in [6.07, 6.45) is 4.04. The van der Waals surface area contributed by atoms with E-state index in [-0.39, 0.29) is 5.56 Å². The Morgan fingerprint density at radius 1 is 1.11 bits per heavy atom. The molecule has 0 saturated carbocycles. The quantitative estimate of drug-likeness (QED) is 0.841. The molecule has 3 heterocycles. The molecule has 0 atom stereocenters. The third-order valence-electron chi connectivity index (χ3n) is 6.03. The van der Waals surface area contributed by atoms with Gasteiger partial charge in [-0.1, -0.05) is 0 Å². The van der Waals surface area contributed by atoms with Crippen molar-refractivity contribution >= 4 is 10.9 Å². The van der Waals surface area contributed by atoms with Gasteiger partial charge in [-0.25, -0.2) is 0 Å². The smallest absolute Gasteiger partial charge is 0.252 e. The Morgan fingerprint density at radius 2 is 1.85 bits per heavy atom. The van der Waals surface area contributed by atoms with Crippen molar-refractivity contribution in [3.05, 3.63) is 40.2 Å². The zero-order valence-corrected chi connectivity index (χ0v) is 16.0. The molecule has 0 bridgehead atoms. The van der Waals surface area contributed by atoms with E-state index in [9.17, 15) is 9.90 Å². The minimum Gasteiger partial charge on any atom is -0.497 e. The highest BCUT2D eigenvalue weighted by Gasteiger charge is 2.34. The summed E-state index contributed by atoms with van der Waals surface area (Å²) in [5, 5.41) is 11.9. The third-order valence-corrected chi connectivity index (χ3v) is 6.03. The molecule has 2 aliphatic heterocycles. The molecular weight excluding hydrogens is 342 g/mol. The number of rotatable bonds is 5. The van der Waals surface area contributed by atoms with E-state index < -0.39 is 5.60 Å². The van der Waals surface area contributed by atoms with E-state index in [4.69, 9.17) is 4.74 Å². The first-order valence-corrected chi connectivity index (χ1v) is 9.92. The van der Waals surface area contributed by atoms with Crippen LogP contribution in [0.4, 0.5) is 0 Å². The number of β-amino-alcohol motifs (C(OH)–C–C–N with tert-alkyl or cyclic N) is 1. The van der Waals surface area contributed by atoms with Crippen LogP contribution in [-0.2, 0) is 6.54 Å². The molecule has 0 amide bonds. The number of aromatic nitrogens is 1. The van der Waals surface area contributed by atoms with Crippen LogP contribution in [0.2, 0.25) is 0 Å². The summed E-state index contributed by atoms with van der Waals surface area (Å²) in [7, 11) is 1.62. The Hall–Kier alpha value is -1.89. The van der Waals surface area contributed by atoms with Crippen LogP contribution in [0.25, 0.3) is 10.9 Å². The van der Waals surface area contributed by atoms with Gasteiger partial charge < -0.3 is 19.7 Å². The molecule has 2 aliphatic rings. The zero-order chi connectivity index (χ0) is 18.9. The fourth-order valence-electron chi connectivity index (χ4n) is 4.35. The van der Waals surface area contributed by atoms with Gasteiger partial charge in [-0.2, -0.15) is 0 Å². The lowest BCUT2D eigenvalue weighted by atomic mass is 9.90. The predicted octanol–water partition coefficient (Wildman–Crippen LogP) is 1.96. The lowest BCUT2D eigenvalue weighted by Gasteiger charge is -2.40. The van der Waals surface area contributed by atoms with E-state index in [1.165, 1.54) is 12.8 Å². The molecule has 6 nitrogen and oxygen atoms in total. The van der Waals surface area contributed by atoms with E-state index in [2.05, 4.69) is 14.8 Å². The van der Waals surface area contributed by atoms with Crippen molar-refractivity contribution in [1.29, 1.82) is 0 Å². The molecule has 0 aliphatic carbocycles. The molecule has 146 valence electrons. The first kappa shape index (κ1) is 18.5. The summed E-state index contributed by atoms with van der Waals surface area (Å²) in [6.45, 7) is 5.29. The van der Waals surface area contributed by atoms with Crippen LogP contribution in [0.1, 0.15) is 31.2 Å². The summed E-state index contributed by atoms with van der Waals surface area (Å²) in [5.41, 5.74) is 0.945. The summed E-state index contributed by atoms with van der Waals surface area (Å²) in [6, 6.07) is 7.70. The topological polar surface area (TPSA) is 68.8 Å². The largest absolute Gasteiger partial charge is 0.497 e. The normalized spacial score (nSPS) is 21.0. The number of fused-ring (bicyclic) bond motifs is 1. The maximum absolute atomic E-state index is 12.5. The number of likely N-dealkylation sites (tertiary alicyclic amines) is 2. The standard InChI is InChI=1S/C21H29N3O3/c1-27-18-5-4-16-12-17(20(25)22-19(16)13-18)14-23-10-6-21(26,7-11-23)15-24-8-2-3-9-24/h4-5,12-13,26H,2-3,6-11,14-15H2,1H3,(H,22,25). The second-order valence-electron chi connectivity index (χ2n) is 8.06. The van der Waals surface area contributed by atoms with Crippen LogP contribution in [0.5, 0.6) is 5.75 Å². The molecule has 2 aromatic rings. The van der Waals surface area contributed by atoms with Crippen molar-refractivity contribution in [3.63, 3.8) is 0 Å². The number of benzene rings is 1. The van der Waals surface area contributed by atoms with Crippen molar-refractivity contribution in [2.45, 2.75) is 37.8 Å². The number of hydrogen-bond acceptors (Lipinski definition) is 5. The number of H-pyrrole nitrogens is 1. The van der Waals surface area contributed by atoms with Crippen LogP contribution in [-0.4, -0.2) is 65.3 Å². The van der Waals surface area contributed by atoms with Crippen LogP contribution >= 0.6 is 0 Å². The summed E-state index contributed by atoms with van der Waals surface area (Å²) in [4.78, 5) is 20.1. The van der Waals surface area contributed by atoms with Gasteiger partial charge >= 0.3 is 0 Å². The van der Waals surface area contributed by atoms with Crippen LogP contribution in [0, 0.1) is 0 Å². The Kier molecular flexibility index (Phi) is 5.21. The lowest BCUT2D eigenvalue weighted by Crippen LogP contribution is -2.50. The molecular formula is C21H29N3O3. The number of piperidine rings is 1. The van der Waals surface area contributed by atoms with Gasteiger partial charge in [-0.15, -0.1) is 0 Å². The first-order valence-electron chi connectivity index (χ1n) is 9.92. The number of pyridine rings is 1. The van der Waals surface area contributed by atoms with Gasteiger partial charge in [0, 0.05) is 37.8 Å². The molecule has 1 aromatic heterocycles. The van der Waals surface area contributed by atoms with Crippen LogP contribution in [0.3, 0.4) is 0 Å². The van der Waals surface area contributed by atoms with Gasteiger partial charge in [0.15, 0.2) is 0 Å². The Labute approximate surface area is 159 Å². The van der Waals surface area contributed by atoms with Crippen molar-refractivity contribution in [1.82, 2.24) is 14.8 Å². The fourth-order valence-corrected chi connectivity index (χ4v) is 4.35. The van der Waals surface area contributed by atoms with E-state index >= 15 is 0 Å². The van der Waals surface area contributed by atoms with Crippen molar-refractivity contribution < 1.29 is 9.84 Å². The van der Waals surface area contributed by atoms with E-state index in [1.54, 1.807) is 7.11 Å². The number of aromatic amines is 1. The fraction of sp³-hybridized carbons (Fsp3) is 0.571. The van der Waals surface area contributed by atoms with E-state index in [1.807, 2.05) is 24.3 Å². The number of aliphatic hydroxyl groups is 1. The zero-order valence-electron chi connectivity index (χ0n) is 16.0. The van der Waals surface area contributed by atoms with Crippen molar-refractivity contribution in [2.75, 3.05) is 39.8 Å². The van der Waals surface area contributed by atoms with Gasteiger partial charge in [0.1, 0.15) is 5.75 Å². The summed E-state index contributed by atoms with van der Waals surface area (Å²) in [5.74, 6) is 0.735. The molecule has 0 radical (unpaired) electrons. The van der Waals surface area contributed by atoms with Gasteiger partial charge in [-0.05, 0) is 62.4 Å². The molecule has 2 saturated heterocycles. The van der Waals surface area contributed by atoms with E-state index in [0.29, 0.717) is 6.54 Å². The molecule has 0 unspecified atom stereocenters. The summed E-state index contributed by atoms with van der Waals surface area (Å²) >= 11 is 0. The van der Waals surface area contributed by atoms with Crippen molar-refractivity contribution in [3.8, 4) is 5.75 Å². The number of hydrogen-bond donors (Lipinski definition) is 2. The van der Waals surface area contributed by atoms with Gasteiger partial charge in [-0.3, -0.25) is 9.69 Å².